The molecular formula is C18H41N5. The first-order valence-electron chi connectivity index (χ1n) is 9.38. The van der Waals surface area contributed by atoms with Gasteiger partial charge < -0.3 is 15.5 Å². The van der Waals surface area contributed by atoms with E-state index in [9.17, 15) is 0 Å². The van der Waals surface area contributed by atoms with Crippen molar-refractivity contribution in [2.45, 2.75) is 66.5 Å². The first kappa shape index (κ1) is 22.2. The SMILES string of the molecule is CCN(CC)CCCNC(=NC)NCCCN(C(C)C)C(C)C. The normalized spacial score (nSPS) is 12.7. The van der Waals surface area contributed by atoms with E-state index < -0.39 is 0 Å². The van der Waals surface area contributed by atoms with Gasteiger partial charge in [-0.25, -0.2) is 0 Å². The van der Waals surface area contributed by atoms with Gasteiger partial charge >= 0.3 is 0 Å². The monoisotopic (exact) mass is 327 g/mol. The van der Waals surface area contributed by atoms with E-state index in [0.29, 0.717) is 12.1 Å². The molecule has 0 saturated heterocycles. The molecule has 2 N–H and O–H groups in total. The van der Waals surface area contributed by atoms with Crippen molar-refractivity contribution < 1.29 is 0 Å². The molecule has 0 atom stereocenters. The van der Waals surface area contributed by atoms with Crippen LogP contribution in [-0.4, -0.2) is 74.2 Å². The molecule has 0 aromatic heterocycles. The number of nitrogens with zero attached hydrogens (tertiary/aromatic N) is 3. The average molecular weight is 328 g/mol. The van der Waals surface area contributed by atoms with Crippen LogP contribution in [0.2, 0.25) is 0 Å². The van der Waals surface area contributed by atoms with E-state index in [1.807, 2.05) is 7.05 Å². The largest absolute Gasteiger partial charge is 0.356 e. The van der Waals surface area contributed by atoms with Crippen LogP contribution in [-0.2, 0) is 0 Å². The molecule has 0 aliphatic rings. The molecule has 138 valence electrons. The molecule has 0 unspecified atom stereocenters. The third-order valence-corrected chi connectivity index (χ3v) is 4.27. The molecule has 0 aromatic carbocycles. The molecule has 0 saturated carbocycles. The highest BCUT2D eigenvalue weighted by atomic mass is 15.2. The Morgan fingerprint density at radius 2 is 1.35 bits per heavy atom. The highest BCUT2D eigenvalue weighted by Gasteiger charge is 2.12. The fraction of sp³-hybridized carbons (Fsp3) is 0.944. The van der Waals surface area contributed by atoms with Crippen LogP contribution in [0.15, 0.2) is 4.99 Å². The number of rotatable bonds is 12. The fourth-order valence-corrected chi connectivity index (χ4v) is 2.85. The second-order valence-electron chi connectivity index (χ2n) is 6.59. The van der Waals surface area contributed by atoms with Gasteiger partial charge in [-0.2, -0.15) is 0 Å². The van der Waals surface area contributed by atoms with Crippen LogP contribution < -0.4 is 10.6 Å². The summed E-state index contributed by atoms with van der Waals surface area (Å²) in [5.41, 5.74) is 0. The molecule has 0 radical (unpaired) electrons. The van der Waals surface area contributed by atoms with Gasteiger partial charge in [-0.1, -0.05) is 13.8 Å². The minimum atomic E-state index is 0.604. The Morgan fingerprint density at radius 3 is 1.74 bits per heavy atom. The van der Waals surface area contributed by atoms with E-state index in [1.54, 1.807) is 0 Å². The maximum atomic E-state index is 4.30. The third kappa shape index (κ3) is 10.6. The summed E-state index contributed by atoms with van der Waals surface area (Å²) in [7, 11) is 1.84. The van der Waals surface area contributed by atoms with Gasteiger partial charge in [0, 0.05) is 38.8 Å². The van der Waals surface area contributed by atoms with Gasteiger partial charge in [-0.15, -0.1) is 0 Å². The summed E-state index contributed by atoms with van der Waals surface area (Å²) < 4.78 is 0. The van der Waals surface area contributed by atoms with Crippen LogP contribution in [0.4, 0.5) is 0 Å². The van der Waals surface area contributed by atoms with Gasteiger partial charge in [-0.3, -0.25) is 9.89 Å². The van der Waals surface area contributed by atoms with Gasteiger partial charge in [0.05, 0.1) is 0 Å². The molecule has 0 bridgehead atoms. The van der Waals surface area contributed by atoms with Crippen LogP contribution in [0, 0.1) is 0 Å². The van der Waals surface area contributed by atoms with Gasteiger partial charge in [0.1, 0.15) is 0 Å². The van der Waals surface area contributed by atoms with Crippen molar-refractivity contribution in [2.24, 2.45) is 4.99 Å². The van der Waals surface area contributed by atoms with Gasteiger partial charge in [0.15, 0.2) is 5.96 Å². The average Bonchev–Trinajstić information content (AvgIpc) is 2.51. The number of guanidine groups is 1. The molecule has 0 amide bonds. The van der Waals surface area contributed by atoms with E-state index in [4.69, 9.17) is 0 Å². The van der Waals surface area contributed by atoms with Crippen molar-refractivity contribution in [1.29, 1.82) is 0 Å². The molecule has 5 nitrogen and oxygen atoms in total. The predicted molar refractivity (Wildman–Crippen MR) is 103 cm³/mol. The van der Waals surface area contributed by atoms with Gasteiger partial charge in [0.25, 0.3) is 0 Å². The smallest absolute Gasteiger partial charge is 0.190 e. The molecular weight excluding hydrogens is 286 g/mol. The summed E-state index contributed by atoms with van der Waals surface area (Å²) in [6.45, 7) is 20.0. The van der Waals surface area contributed by atoms with E-state index >= 15 is 0 Å². The van der Waals surface area contributed by atoms with Crippen LogP contribution in [0.1, 0.15) is 54.4 Å². The summed E-state index contributed by atoms with van der Waals surface area (Å²) >= 11 is 0. The highest BCUT2D eigenvalue weighted by molar-refractivity contribution is 5.79. The lowest BCUT2D eigenvalue weighted by Gasteiger charge is -2.30. The van der Waals surface area contributed by atoms with Gasteiger partial charge in [-0.05, 0) is 60.2 Å². The Hall–Kier alpha value is -0.810. The first-order valence-corrected chi connectivity index (χ1v) is 9.38. The molecule has 5 heteroatoms. The second kappa shape index (κ2) is 13.6. The minimum Gasteiger partial charge on any atom is -0.356 e. The van der Waals surface area contributed by atoms with Crippen molar-refractivity contribution in [3.05, 3.63) is 0 Å². The zero-order valence-corrected chi connectivity index (χ0v) is 16.7. The van der Waals surface area contributed by atoms with Crippen molar-refractivity contribution in [3.63, 3.8) is 0 Å². The number of hydrogen-bond acceptors (Lipinski definition) is 3. The zero-order chi connectivity index (χ0) is 17.7. The van der Waals surface area contributed by atoms with Crippen molar-refractivity contribution in [2.75, 3.05) is 46.3 Å². The van der Waals surface area contributed by atoms with E-state index in [1.165, 1.54) is 0 Å². The Bertz CT molecular complexity index is 290. The molecule has 0 aliphatic carbocycles. The second-order valence-corrected chi connectivity index (χ2v) is 6.59. The van der Waals surface area contributed by atoms with Gasteiger partial charge in [0.2, 0.25) is 0 Å². The Labute approximate surface area is 144 Å². The van der Waals surface area contributed by atoms with E-state index in [-0.39, 0.29) is 0 Å². The van der Waals surface area contributed by atoms with Crippen LogP contribution >= 0.6 is 0 Å². The molecule has 0 aliphatic heterocycles. The quantitative estimate of drug-likeness (QED) is 0.328. The van der Waals surface area contributed by atoms with Crippen LogP contribution in [0.5, 0.6) is 0 Å². The zero-order valence-electron chi connectivity index (χ0n) is 16.7. The van der Waals surface area contributed by atoms with Crippen molar-refractivity contribution >= 4 is 5.96 Å². The maximum absolute atomic E-state index is 4.30. The van der Waals surface area contributed by atoms with E-state index in [2.05, 4.69) is 67.0 Å². The van der Waals surface area contributed by atoms with Crippen molar-refractivity contribution in [3.8, 4) is 0 Å². The maximum Gasteiger partial charge on any atom is 0.190 e. The Balaban J connectivity index is 3.86. The molecule has 0 fully saturated rings. The molecule has 0 aromatic rings. The number of aliphatic imine (C=N–C) groups is 1. The fourth-order valence-electron chi connectivity index (χ4n) is 2.85. The number of hydrogen-bond donors (Lipinski definition) is 2. The summed E-state index contributed by atoms with van der Waals surface area (Å²) in [5, 5.41) is 6.82. The number of nitrogens with one attached hydrogen (secondary N) is 2. The Kier molecular flexibility index (Phi) is 13.1. The van der Waals surface area contributed by atoms with Crippen LogP contribution in [0.25, 0.3) is 0 Å². The Morgan fingerprint density at radius 1 is 0.870 bits per heavy atom. The summed E-state index contributed by atoms with van der Waals surface area (Å²) in [6, 6.07) is 1.21. The van der Waals surface area contributed by atoms with Crippen molar-refractivity contribution in [1.82, 2.24) is 20.4 Å². The third-order valence-electron chi connectivity index (χ3n) is 4.27. The highest BCUT2D eigenvalue weighted by Crippen LogP contribution is 2.05. The standard InChI is InChI=1S/C18H41N5/c1-8-22(9-2)14-10-12-20-18(19-7)21-13-11-15-23(16(3)4)17(5)6/h16-17H,8-15H2,1-7H3,(H2,19,20,21). The summed E-state index contributed by atoms with van der Waals surface area (Å²) in [5.74, 6) is 0.921. The minimum absolute atomic E-state index is 0.604. The molecule has 0 rings (SSSR count). The lowest BCUT2D eigenvalue weighted by atomic mass is 10.2. The molecule has 0 spiro atoms. The molecule has 23 heavy (non-hydrogen) atoms. The lowest BCUT2D eigenvalue weighted by molar-refractivity contribution is 0.173. The lowest BCUT2D eigenvalue weighted by Crippen LogP contribution is -2.41. The predicted octanol–water partition coefficient (Wildman–Crippen LogP) is 2.39. The van der Waals surface area contributed by atoms with E-state index in [0.717, 1.165) is 58.1 Å². The van der Waals surface area contributed by atoms with Crippen LogP contribution in [0.3, 0.4) is 0 Å². The summed E-state index contributed by atoms with van der Waals surface area (Å²) in [4.78, 5) is 9.28. The first-order chi connectivity index (χ1) is 11.0. The topological polar surface area (TPSA) is 42.9 Å². The molecule has 0 heterocycles. The summed E-state index contributed by atoms with van der Waals surface area (Å²) in [6.07, 6.45) is 2.29.